The molecule has 0 N–H and O–H groups in total. The van der Waals surface area contributed by atoms with Crippen molar-refractivity contribution in [3.8, 4) is 11.3 Å². The predicted octanol–water partition coefficient (Wildman–Crippen LogP) is 4.19. The number of hydrogen-bond acceptors (Lipinski definition) is 1. The lowest BCUT2D eigenvalue weighted by molar-refractivity contribution is -0.719. The second-order valence-corrected chi connectivity index (χ2v) is 5.66. The Bertz CT molecular complexity index is 1000. The molecule has 2 heteroatoms. The smallest absolute Gasteiger partial charge is 0.0858 e. The first-order valence-electron chi connectivity index (χ1n) is 7.48. The average Bonchev–Trinajstić information content (AvgIpc) is 2.56. The van der Waals surface area contributed by atoms with Crippen LogP contribution in [0, 0.1) is 6.92 Å². The first-order chi connectivity index (χ1) is 10.8. The van der Waals surface area contributed by atoms with Crippen LogP contribution in [-0.2, 0) is 7.05 Å². The molecule has 0 bridgehead atoms. The number of benzene rings is 3. The normalized spacial score (nSPS) is 11.2. The van der Waals surface area contributed by atoms with E-state index in [4.69, 9.17) is 0 Å². The molecule has 0 spiro atoms. The quantitative estimate of drug-likeness (QED) is 0.479. The van der Waals surface area contributed by atoms with Crippen molar-refractivity contribution >= 4 is 21.5 Å². The molecular formula is C20H17N2+. The predicted molar refractivity (Wildman–Crippen MR) is 90.6 cm³/mol. The van der Waals surface area contributed by atoms with Crippen LogP contribution in [-0.4, -0.2) is 5.10 Å². The molecule has 22 heavy (non-hydrogen) atoms. The van der Waals surface area contributed by atoms with Gasteiger partial charge < -0.3 is 0 Å². The summed E-state index contributed by atoms with van der Waals surface area (Å²) >= 11 is 0. The summed E-state index contributed by atoms with van der Waals surface area (Å²) in [6.07, 6.45) is 1.93. The Morgan fingerprint density at radius 3 is 2.27 bits per heavy atom. The largest absolute Gasteiger partial charge is 0.246 e. The Balaban J connectivity index is 2.12. The molecule has 4 rings (SSSR count). The Kier molecular flexibility index (Phi) is 2.90. The molecule has 2 nitrogen and oxygen atoms in total. The van der Waals surface area contributed by atoms with E-state index in [9.17, 15) is 0 Å². The zero-order valence-electron chi connectivity index (χ0n) is 12.7. The van der Waals surface area contributed by atoms with E-state index in [1.807, 2.05) is 17.9 Å². The van der Waals surface area contributed by atoms with Crippen LogP contribution in [0.25, 0.3) is 32.8 Å². The topological polar surface area (TPSA) is 16.8 Å². The summed E-state index contributed by atoms with van der Waals surface area (Å²) < 4.78 is 1.97. The molecule has 0 saturated carbocycles. The zero-order valence-corrected chi connectivity index (χ0v) is 12.7. The van der Waals surface area contributed by atoms with Gasteiger partial charge in [-0.2, -0.15) is 0 Å². The van der Waals surface area contributed by atoms with Crippen LogP contribution in [0.2, 0.25) is 0 Å². The number of aromatic nitrogens is 2. The summed E-state index contributed by atoms with van der Waals surface area (Å²) in [7, 11) is 2.01. The number of aryl methyl sites for hydroxylation is 2. The fourth-order valence-electron chi connectivity index (χ4n) is 3.21. The minimum absolute atomic E-state index is 1.17. The maximum atomic E-state index is 4.52. The average molecular weight is 285 g/mol. The lowest BCUT2D eigenvalue weighted by Gasteiger charge is -2.09. The lowest BCUT2D eigenvalue weighted by Crippen LogP contribution is -2.35. The molecule has 1 heterocycles. The zero-order chi connectivity index (χ0) is 15.1. The number of nitrogens with zero attached hydrogens (tertiary/aromatic N) is 2. The molecule has 0 amide bonds. The molecular weight excluding hydrogens is 268 g/mol. The van der Waals surface area contributed by atoms with Gasteiger partial charge in [0, 0.05) is 5.39 Å². The van der Waals surface area contributed by atoms with Crippen molar-refractivity contribution < 1.29 is 4.68 Å². The van der Waals surface area contributed by atoms with E-state index < -0.39 is 0 Å². The van der Waals surface area contributed by atoms with Crippen molar-refractivity contribution in [3.63, 3.8) is 0 Å². The number of hydrogen-bond donors (Lipinski definition) is 0. The summed E-state index contributed by atoms with van der Waals surface area (Å²) in [5, 5.41) is 9.50. The van der Waals surface area contributed by atoms with E-state index in [1.165, 1.54) is 38.4 Å². The Morgan fingerprint density at radius 1 is 0.773 bits per heavy atom. The van der Waals surface area contributed by atoms with E-state index >= 15 is 0 Å². The highest BCUT2D eigenvalue weighted by atomic mass is 15.2. The van der Waals surface area contributed by atoms with Gasteiger partial charge in [-0.05, 0) is 40.5 Å². The maximum absolute atomic E-state index is 4.52. The fraction of sp³-hybridized carbons (Fsp3) is 0.100. The van der Waals surface area contributed by atoms with Crippen LogP contribution in [0.4, 0.5) is 0 Å². The molecule has 1 aromatic heterocycles. The molecule has 0 saturated heterocycles. The van der Waals surface area contributed by atoms with Crippen molar-refractivity contribution in [3.05, 3.63) is 72.4 Å². The molecule has 3 aromatic carbocycles. The third-order valence-corrected chi connectivity index (χ3v) is 4.36. The van der Waals surface area contributed by atoms with Crippen molar-refractivity contribution in [2.45, 2.75) is 6.92 Å². The minimum atomic E-state index is 1.17. The van der Waals surface area contributed by atoms with Crippen LogP contribution in [0.1, 0.15) is 5.56 Å². The molecule has 0 atom stereocenters. The van der Waals surface area contributed by atoms with Crippen LogP contribution >= 0.6 is 0 Å². The van der Waals surface area contributed by atoms with Gasteiger partial charge in [0.25, 0.3) is 0 Å². The molecule has 4 aromatic rings. The number of fused-ring (bicyclic) bond motifs is 2. The first-order valence-corrected chi connectivity index (χ1v) is 7.48. The van der Waals surface area contributed by atoms with Gasteiger partial charge >= 0.3 is 0 Å². The molecule has 0 unspecified atom stereocenters. The van der Waals surface area contributed by atoms with Crippen LogP contribution in [0.3, 0.4) is 0 Å². The van der Waals surface area contributed by atoms with Gasteiger partial charge in [0.1, 0.15) is 6.20 Å². The highest BCUT2D eigenvalue weighted by Crippen LogP contribution is 2.31. The molecule has 0 fully saturated rings. The van der Waals surface area contributed by atoms with Gasteiger partial charge in [-0.3, -0.25) is 0 Å². The van der Waals surface area contributed by atoms with Crippen molar-refractivity contribution in [2.24, 2.45) is 7.05 Å². The van der Waals surface area contributed by atoms with Crippen molar-refractivity contribution in [2.75, 3.05) is 0 Å². The second kappa shape index (κ2) is 4.92. The van der Waals surface area contributed by atoms with Gasteiger partial charge in [-0.15, -0.1) is 0 Å². The molecule has 0 radical (unpaired) electrons. The summed E-state index contributed by atoms with van der Waals surface area (Å²) in [5.41, 5.74) is 3.71. The fourth-order valence-corrected chi connectivity index (χ4v) is 3.21. The Morgan fingerprint density at radius 2 is 1.45 bits per heavy atom. The Hall–Kier alpha value is -2.74. The maximum Gasteiger partial charge on any atom is 0.246 e. The van der Waals surface area contributed by atoms with E-state index in [-0.39, 0.29) is 0 Å². The summed E-state index contributed by atoms with van der Waals surface area (Å²) in [4.78, 5) is 0. The molecule has 106 valence electrons. The van der Waals surface area contributed by atoms with E-state index in [1.54, 1.807) is 0 Å². The molecule has 0 aliphatic carbocycles. The van der Waals surface area contributed by atoms with Crippen molar-refractivity contribution in [1.82, 2.24) is 5.10 Å². The summed E-state index contributed by atoms with van der Waals surface area (Å²) in [5.74, 6) is 0. The Labute approximate surface area is 129 Å². The first kappa shape index (κ1) is 13.0. The van der Waals surface area contributed by atoms with Gasteiger partial charge in [-0.25, -0.2) is 0 Å². The third kappa shape index (κ3) is 1.88. The standard InChI is InChI=1S/C20H17N2/c1-14-17-9-5-3-7-15(17)11-12-18(14)20-19-10-6-4-8-16(19)13-21-22(20)2/h3-13H,1-2H3/q+1. The highest BCUT2D eigenvalue weighted by Gasteiger charge is 2.19. The molecule has 0 aliphatic heterocycles. The summed E-state index contributed by atoms with van der Waals surface area (Å²) in [6.45, 7) is 2.19. The van der Waals surface area contributed by atoms with Gasteiger partial charge in [0.15, 0.2) is 7.05 Å². The van der Waals surface area contributed by atoms with Gasteiger partial charge in [-0.1, -0.05) is 53.2 Å². The van der Waals surface area contributed by atoms with Crippen LogP contribution in [0.5, 0.6) is 0 Å². The highest BCUT2D eigenvalue weighted by molar-refractivity contribution is 5.97. The van der Waals surface area contributed by atoms with E-state index in [0.717, 1.165) is 0 Å². The van der Waals surface area contributed by atoms with Gasteiger partial charge in [0.05, 0.1) is 10.9 Å². The lowest BCUT2D eigenvalue weighted by atomic mass is 9.95. The SMILES string of the molecule is Cc1c(-c2c3ccccc3cn[n+]2C)ccc2ccccc12. The number of rotatable bonds is 1. The minimum Gasteiger partial charge on any atom is -0.0858 e. The van der Waals surface area contributed by atoms with E-state index in [2.05, 4.69) is 72.7 Å². The summed E-state index contributed by atoms with van der Waals surface area (Å²) in [6, 6.07) is 21.4. The van der Waals surface area contributed by atoms with E-state index in [0.29, 0.717) is 0 Å². The second-order valence-electron chi connectivity index (χ2n) is 5.66. The third-order valence-electron chi connectivity index (χ3n) is 4.36. The van der Waals surface area contributed by atoms with Gasteiger partial charge in [0.2, 0.25) is 5.69 Å². The van der Waals surface area contributed by atoms with Crippen LogP contribution < -0.4 is 4.68 Å². The monoisotopic (exact) mass is 285 g/mol. The molecule has 0 aliphatic rings. The van der Waals surface area contributed by atoms with Crippen molar-refractivity contribution in [1.29, 1.82) is 0 Å². The van der Waals surface area contributed by atoms with Crippen LogP contribution in [0.15, 0.2) is 66.9 Å².